The fourth-order valence-corrected chi connectivity index (χ4v) is 0.376. The van der Waals surface area contributed by atoms with Gasteiger partial charge in [0.05, 0.1) is 0 Å². The SMILES string of the molecule is C=CC(O)C(=N)N(C)C. The number of hydrogen-bond acceptors (Lipinski definition) is 2. The number of likely N-dealkylation sites (N-methyl/N-ethyl adjacent to an activating group) is 1. The van der Waals surface area contributed by atoms with E-state index in [0.29, 0.717) is 0 Å². The van der Waals surface area contributed by atoms with Crippen LogP contribution in [0.5, 0.6) is 0 Å². The minimum Gasteiger partial charge on any atom is -0.381 e. The monoisotopic (exact) mass is 128 g/mol. The lowest BCUT2D eigenvalue weighted by molar-refractivity contribution is 0.272. The minimum atomic E-state index is -0.833. The molecule has 0 rings (SSSR count). The molecule has 0 radical (unpaired) electrons. The van der Waals surface area contributed by atoms with Crippen molar-refractivity contribution in [2.45, 2.75) is 6.10 Å². The fourth-order valence-electron chi connectivity index (χ4n) is 0.376. The molecule has 0 aromatic heterocycles. The normalized spacial score (nSPS) is 12.3. The van der Waals surface area contributed by atoms with Crippen molar-refractivity contribution in [3.8, 4) is 0 Å². The first-order valence-electron chi connectivity index (χ1n) is 2.66. The van der Waals surface area contributed by atoms with Crippen molar-refractivity contribution in [2.75, 3.05) is 14.1 Å². The highest BCUT2D eigenvalue weighted by Gasteiger charge is 2.06. The van der Waals surface area contributed by atoms with Crippen LogP contribution in [0.4, 0.5) is 0 Å². The van der Waals surface area contributed by atoms with E-state index < -0.39 is 6.10 Å². The lowest BCUT2D eigenvalue weighted by Gasteiger charge is -2.15. The summed E-state index contributed by atoms with van der Waals surface area (Å²) < 4.78 is 0. The van der Waals surface area contributed by atoms with Crippen LogP contribution >= 0.6 is 0 Å². The first kappa shape index (κ1) is 8.17. The third-order valence-electron chi connectivity index (χ3n) is 0.985. The van der Waals surface area contributed by atoms with Crippen molar-refractivity contribution in [2.24, 2.45) is 0 Å². The molecule has 0 saturated heterocycles. The first-order valence-corrected chi connectivity index (χ1v) is 2.66. The average Bonchev–Trinajstić information content (AvgIpc) is 1.84. The van der Waals surface area contributed by atoms with Crippen LogP contribution < -0.4 is 0 Å². The molecule has 0 fully saturated rings. The molecule has 0 spiro atoms. The van der Waals surface area contributed by atoms with E-state index >= 15 is 0 Å². The Hall–Kier alpha value is -0.830. The molecule has 0 aliphatic carbocycles. The van der Waals surface area contributed by atoms with E-state index in [1.807, 2.05) is 0 Å². The highest BCUT2D eigenvalue weighted by atomic mass is 16.3. The van der Waals surface area contributed by atoms with Gasteiger partial charge in [0.15, 0.2) is 0 Å². The maximum atomic E-state index is 8.91. The smallest absolute Gasteiger partial charge is 0.129 e. The zero-order valence-corrected chi connectivity index (χ0v) is 5.76. The van der Waals surface area contributed by atoms with E-state index in [1.54, 1.807) is 14.1 Å². The van der Waals surface area contributed by atoms with Gasteiger partial charge in [-0.25, -0.2) is 0 Å². The molecule has 0 aromatic carbocycles. The second kappa shape index (κ2) is 3.25. The van der Waals surface area contributed by atoms with Crippen LogP contribution in [0.15, 0.2) is 12.7 Å². The van der Waals surface area contributed by atoms with Crippen molar-refractivity contribution < 1.29 is 5.11 Å². The van der Waals surface area contributed by atoms with Gasteiger partial charge in [-0.15, -0.1) is 6.58 Å². The number of rotatable bonds is 2. The van der Waals surface area contributed by atoms with Crippen molar-refractivity contribution >= 4 is 5.84 Å². The molecule has 0 saturated carbocycles. The Morgan fingerprint density at radius 1 is 1.78 bits per heavy atom. The van der Waals surface area contributed by atoms with Crippen LogP contribution in [0.1, 0.15) is 0 Å². The Morgan fingerprint density at radius 2 is 2.22 bits per heavy atom. The summed E-state index contributed by atoms with van der Waals surface area (Å²) in [6, 6.07) is 0. The fraction of sp³-hybridized carbons (Fsp3) is 0.500. The van der Waals surface area contributed by atoms with Crippen LogP contribution in [-0.2, 0) is 0 Å². The molecule has 1 atom stereocenters. The van der Waals surface area contributed by atoms with Crippen LogP contribution in [0.3, 0.4) is 0 Å². The molecule has 3 heteroatoms. The molecule has 1 unspecified atom stereocenters. The van der Waals surface area contributed by atoms with Gasteiger partial charge < -0.3 is 10.0 Å². The second-order valence-electron chi connectivity index (χ2n) is 1.96. The summed E-state index contributed by atoms with van der Waals surface area (Å²) in [5.74, 6) is 0.157. The van der Waals surface area contributed by atoms with Crippen LogP contribution in [0.25, 0.3) is 0 Å². The van der Waals surface area contributed by atoms with E-state index in [0.717, 1.165) is 0 Å². The van der Waals surface area contributed by atoms with E-state index in [1.165, 1.54) is 11.0 Å². The molecule has 9 heavy (non-hydrogen) atoms. The third-order valence-corrected chi connectivity index (χ3v) is 0.985. The summed E-state index contributed by atoms with van der Waals surface area (Å²) in [4.78, 5) is 1.53. The van der Waals surface area contributed by atoms with Gasteiger partial charge in [-0.05, 0) is 0 Å². The van der Waals surface area contributed by atoms with Crippen molar-refractivity contribution in [3.63, 3.8) is 0 Å². The lowest BCUT2D eigenvalue weighted by atomic mass is 10.3. The number of aliphatic hydroxyl groups is 1. The number of aliphatic hydroxyl groups excluding tert-OH is 1. The molecule has 0 amide bonds. The van der Waals surface area contributed by atoms with E-state index in [4.69, 9.17) is 10.5 Å². The van der Waals surface area contributed by atoms with E-state index in [-0.39, 0.29) is 5.84 Å². The van der Waals surface area contributed by atoms with Gasteiger partial charge in [-0.3, -0.25) is 5.41 Å². The van der Waals surface area contributed by atoms with Crippen molar-refractivity contribution in [1.29, 1.82) is 5.41 Å². The second-order valence-corrected chi connectivity index (χ2v) is 1.96. The minimum absolute atomic E-state index is 0.157. The van der Waals surface area contributed by atoms with Gasteiger partial charge >= 0.3 is 0 Å². The Bertz CT molecular complexity index is 120. The highest BCUT2D eigenvalue weighted by molar-refractivity contribution is 5.84. The van der Waals surface area contributed by atoms with Gasteiger partial charge in [0, 0.05) is 14.1 Å². The molecule has 0 bridgehead atoms. The summed E-state index contributed by atoms with van der Waals surface area (Å²) in [6.07, 6.45) is 0.488. The quantitative estimate of drug-likeness (QED) is 0.314. The molecular weight excluding hydrogens is 116 g/mol. The maximum Gasteiger partial charge on any atom is 0.129 e. The van der Waals surface area contributed by atoms with Crippen molar-refractivity contribution in [1.82, 2.24) is 4.90 Å². The van der Waals surface area contributed by atoms with Crippen LogP contribution in [-0.4, -0.2) is 36.0 Å². The number of hydrogen-bond donors (Lipinski definition) is 2. The number of amidine groups is 1. The topological polar surface area (TPSA) is 47.3 Å². The largest absolute Gasteiger partial charge is 0.381 e. The third kappa shape index (κ3) is 2.28. The Labute approximate surface area is 55.1 Å². The van der Waals surface area contributed by atoms with Gasteiger partial charge in [-0.1, -0.05) is 6.08 Å². The Balaban J connectivity index is 3.87. The summed E-state index contributed by atoms with van der Waals surface area (Å²) in [5, 5.41) is 16.1. The zero-order chi connectivity index (χ0) is 7.44. The van der Waals surface area contributed by atoms with Gasteiger partial charge in [-0.2, -0.15) is 0 Å². The van der Waals surface area contributed by atoms with Gasteiger partial charge in [0.25, 0.3) is 0 Å². The zero-order valence-electron chi connectivity index (χ0n) is 5.76. The summed E-state index contributed by atoms with van der Waals surface area (Å²) >= 11 is 0. The lowest BCUT2D eigenvalue weighted by Crippen LogP contribution is -2.31. The summed E-state index contributed by atoms with van der Waals surface area (Å²) in [6.45, 7) is 3.35. The Kier molecular flexibility index (Phi) is 2.95. The molecule has 52 valence electrons. The summed E-state index contributed by atoms with van der Waals surface area (Å²) in [5.41, 5.74) is 0. The molecule has 0 aliphatic heterocycles. The van der Waals surface area contributed by atoms with Crippen LogP contribution in [0.2, 0.25) is 0 Å². The van der Waals surface area contributed by atoms with E-state index in [9.17, 15) is 0 Å². The van der Waals surface area contributed by atoms with Gasteiger partial charge in [0.1, 0.15) is 11.9 Å². The van der Waals surface area contributed by atoms with Crippen LogP contribution in [0, 0.1) is 5.41 Å². The number of nitrogens with one attached hydrogen (secondary N) is 1. The standard InChI is InChI=1S/C6H12N2O/c1-4-5(9)6(7)8(2)3/h4-5,7,9H,1H2,2-3H3. The molecule has 0 aliphatic rings. The molecule has 0 aromatic rings. The van der Waals surface area contributed by atoms with E-state index in [2.05, 4.69) is 6.58 Å². The highest BCUT2D eigenvalue weighted by Crippen LogP contribution is 1.89. The summed E-state index contributed by atoms with van der Waals surface area (Å²) in [7, 11) is 3.41. The molecular formula is C6H12N2O. The first-order chi connectivity index (χ1) is 4.09. The maximum absolute atomic E-state index is 8.91. The molecule has 3 nitrogen and oxygen atoms in total. The average molecular weight is 128 g/mol. The molecule has 2 N–H and O–H groups in total. The molecule has 0 heterocycles. The van der Waals surface area contributed by atoms with Crippen molar-refractivity contribution in [3.05, 3.63) is 12.7 Å². The predicted molar refractivity (Wildman–Crippen MR) is 37.6 cm³/mol. The Morgan fingerprint density at radius 3 is 2.33 bits per heavy atom. The number of nitrogens with zero attached hydrogens (tertiary/aromatic N) is 1. The van der Waals surface area contributed by atoms with Gasteiger partial charge in [0.2, 0.25) is 0 Å². The predicted octanol–water partition coefficient (Wildman–Crippen LogP) is 0.0722.